The zero-order valence-corrected chi connectivity index (χ0v) is 21.4. The van der Waals surface area contributed by atoms with E-state index in [1.165, 1.54) is 50.9 Å². The Labute approximate surface area is 209 Å². The van der Waals surface area contributed by atoms with Crippen molar-refractivity contribution in [2.75, 3.05) is 39.3 Å². The van der Waals surface area contributed by atoms with Crippen LogP contribution in [0, 0.1) is 17.8 Å². The number of hydrogen-bond acceptors (Lipinski definition) is 4. The van der Waals surface area contributed by atoms with Crippen LogP contribution in [-0.4, -0.2) is 63.5 Å². The minimum absolute atomic E-state index is 0.279. The molecular formula is C27H36ClN3O2S. The van der Waals surface area contributed by atoms with Gasteiger partial charge in [0.1, 0.15) is 0 Å². The standard InChI is InChI=1S/C27H36ClN3O2S/c28-25-6-8-27(9-7-25)34(32,33)29-18-26-17-23-12-15-31(26)20-24(23)19-30-13-10-22(11-14-30)16-21-4-2-1-3-5-21/h1-9,22-24,26,29H,10-20H2/t23-,24-,26+/m0/s1. The van der Waals surface area contributed by atoms with Crippen LogP contribution in [0.5, 0.6) is 0 Å². The Kier molecular flexibility index (Phi) is 7.61. The normalized spacial score (nSPS) is 28.3. The molecule has 6 rings (SSSR count). The summed E-state index contributed by atoms with van der Waals surface area (Å²) in [6.07, 6.45) is 6.15. The summed E-state index contributed by atoms with van der Waals surface area (Å²) in [7, 11) is -3.50. The van der Waals surface area contributed by atoms with Crippen molar-refractivity contribution >= 4 is 21.6 Å². The second-order valence-corrected chi connectivity index (χ2v) is 12.6. The molecule has 184 valence electrons. The molecule has 4 fully saturated rings. The molecule has 2 aromatic rings. The van der Waals surface area contributed by atoms with E-state index in [0.29, 0.717) is 29.4 Å². The third kappa shape index (κ3) is 5.85. The lowest BCUT2D eigenvalue weighted by Gasteiger charge is -2.51. The number of hydrogen-bond donors (Lipinski definition) is 1. The Hall–Kier alpha value is -1.44. The molecule has 2 aromatic carbocycles. The average Bonchev–Trinajstić information content (AvgIpc) is 2.86. The van der Waals surface area contributed by atoms with Crippen molar-refractivity contribution in [3.8, 4) is 0 Å². The molecule has 4 heterocycles. The van der Waals surface area contributed by atoms with Gasteiger partial charge in [0, 0.05) is 30.7 Å². The van der Waals surface area contributed by atoms with Gasteiger partial charge in [0.25, 0.3) is 0 Å². The van der Waals surface area contributed by atoms with E-state index >= 15 is 0 Å². The number of rotatable bonds is 8. The fourth-order valence-electron chi connectivity index (χ4n) is 6.22. The van der Waals surface area contributed by atoms with Crippen molar-refractivity contribution in [2.24, 2.45) is 17.8 Å². The zero-order valence-electron chi connectivity index (χ0n) is 19.8. The van der Waals surface area contributed by atoms with E-state index in [1.807, 2.05) is 0 Å². The summed E-state index contributed by atoms with van der Waals surface area (Å²) < 4.78 is 28.2. The lowest BCUT2D eigenvalue weighted by atomic mass is 9.75. The molecule has 7 heteroatoms. The maximum absolute atomic E-state index is 12.7. The van der Waals surface area contributed by atoms with Gasteiger partial charge in [-0.3, -0.25) is 4.90 Å². The van der Waals surface area contributed by atoms with E-state index in [9.17, 15) is 8.42 Å². The van der Waals surface area contributed by atoms with Crippen LogP contribution in [0.25, 0.3) is 0 Å². The number of fused-ring (bicyclic) bond motifs is 3. The molecule has 1 unspecified atom stereocenters. The van der Waals surface area contributed by atoms with Crippen LogP contribution >= 0.6 is 11.6 Å². The molecule has 2 bridgehead atoms. The molecule has 34 heavy (non-hydrogen) atoms. The highest BCUT2D eigenvalue weighted by Crippen LogP contribution is 2.37. The van der Waals surface area contributed by atoms with Crippen LogP contribution in [0.1, 0.15) is 31.2 Å². The summed E-state index contributed by atoms with van der Waals surface area (Å²) in [5.74, 6) is 2.23. The molecule has 0 aromatic heterocycles. The van der Waals surface area contributed by atoms with Gasteiger partial charge in [-0.2, -0.15) is 0 Å². The highest BCUT2D eigenvalue weighted by Gasteiger charge is 2.41. The van der Waals surface area contributed by atoms with Gasteiger partial charge in [-0.25, -0.2) is 13.1 Å². The summed E-state index contributed by atoms with van der Waals surface area (Å²) in [6.45, 7) is 6.30. The van der Waals surface area contributed by atoms with Crippen LogP contribution in [0.3, 0.4) is 0 Å². The van der Waals surface area contributed by atoms with Crippen molar-refractivity contribution in [3.05, 3.63) is 65.2 Å². The highest BCUT2D eigenvalue weighted by molar-refractivity contribution is 7.89. The summed E-state index contributed by atoms with van der Waals surface area (Å²) in [5, 5.41) is 0.543. The molecule has 4 aliphatic rings. The average molecular weight is 502 g/mol. The Bertz CT molecular complexity index is 1040. The van der Waals surface area contributed by atoms with Crippen LogP contribution in [-0.2, 0) is 16.4 Å². The van der Waals surface area contributed by atoms with Crippen LogP contribution in [0.2, 0.25) is 5.02 Å². The fraction of sp³-hybridized carbons (Fsp3) is 0.556. The zero-order chi connectivity index (χ0) is 23.5. The third-order valence-electron chi connectivity index (χ3n) is 8.21. The van der Waals surface area contributed by atoms with Crippen molar-refractivity contribution in [2.45, 2.75) is 43.0 Å². The Balaban J connectivity index is 1.08. The Morgan fingerprint density at radius 3 is 2.35 bits per heavy atom. The van der Waals surface area contributed by atoms with Crippen LogP contribution in [0.15, 0.2) is 59.5 Å². The van der Waals surface area contributed by atoms with Gasteiger partial charge in [-0.05, 0) is 99.3 Å². The van der Waals surface area contributed by atoms with Gasteiger partial charge in [0.05, 0.1) is 4.90 Å². The summed E-state index contributed by atoms with van der Waals surface area (Å²) in [4.78, 5) is 5.49. The number of halogens is 1. The first-order chi connectivity index (χ1) is 16.5. The predicted octanol–water partition coefficient (Wildman–Crippen LogP) is 4.28. The van der Waals surface area contributed by atoms with Crippen molar-refractivity contribution < 1.29 is 8.42 Å². The molecule has 0 amide bonds. The predicted molar refractivity (Wildman–Crippen MR) is 138 cm³/mol. The minimum Gasteiger partial charge on any atom is -0.303 e. The smallest absolute Gasteiger partial charge is 0.240 e. The number of nitrogens with zero attached hydrogens (tertiary/aromatic N) is 2. The summed E-state index contributed by atoms with van der Waals surface area (Å²) in [6, 6.07) is 17.6. The SMILES string of the molecule is O=S(=O)(NC[C@H]1C[C@@H]2CCN1C[C@@H]2CN1CCC(Cc2ccccc2)CC1)c1ccc(Cl)cc1. The van der Waals surface area contributed by atoms with E-state index in [4.69, 9.17) is 11.6 Å². The van der Waals surface area contributed by atoms with Crippen molar-refractivity contribution in [3.63, 3.8) is 0 Å². The maximum Gasteiger partial charge on any atom is 0.240 e. The third-order valence-corrected chi connectivity index (χ3v) is 9.91. The molecule has 0 saturated carbocycles. The second kappa shape index (κ2) is 10.7. The van der Waals surface area contributed by atoms with Crippen molar-refractivity contribution in [1.82, 2.24) is 14.5 Å². The topological polar surface area (TPSA) is 52.7 Å². The van der Waals surface area contributed by atoms with Crippen LogP contribution < -0.4 is 4.72 Å². The number of likely N-dealkylation sites (tertiary alicyclic amines) is 1. The van der Waals surface area contributed by atoms with Gasteiger partial charge < -0.3 is 4.90 Å². The first kappa shape index (κ1) is 24.3. The lowest BCUT2D eigenvalue weighted by molar-refractivity contribution is -0.0139. The molecular weight excluding hydrogens is 466 g/mol. The first-order valence-electron chi connectivity index (χ1n) is 12.7. The molecule has 5 nitrogen and oxygen atoms in total. The molecule has 4 atom stereocenters. The van der Waals surface area contributed by atoms with Crippen LogP contribution in [0.4, 0.5) is 0 Å². The molecule has 0 spiro atoms. The molecule has 0 aliphatic carbocycles. The highest BCUT2D eigenvalue weighted by atomic mass is 35.5. The van der Waals surface area contributed by atoms with Gasteiger partial charge in [-0.15, -0.1) is 0 Å². The fourth-order valence-corrected chi connectivity index (χ4v) is 7.42. The first-order valence-corrected chi connectivity index (χ1v) is 14.6. The van der Waals surface area contributed by atoms with E-state index < -0.39 is 10.0 Å². The van der Waals surface area contributed by atoms with Gasteiger partial charge in [-0.1, -0.05) is 41.9 Å². The van der Waals surface area contributed by atoms with Crippen molar-refractivity contribution in [1.29, 1.82) is 0 Å². The summed E-state index contributed by atoms with van der Waals surface area (Å²) in [5.41, 5.74) is 1.47. The molecule has 4 aliphatic heterocycles. The molecule has 0 radical (unpaired) electrons. The number of nitrogens with one attached hydrogen (secondary N) is 1. The number of piperidine rings is 4. The molecule has 1 N–H and O–H groups in total. The monoisotopic (exact) mass is 501 g/mol. The summed E-state index contributed by atoms with van der Waals surface area (Å²) >= 11 is 5.90. The Morgan fingerprint density at radius 1 is 0.941 bits per heavy atom. The van der Waals surface area contributed by atoms with E-state index in [2.05, 4.69) is 44.9 Å². The largest absolute Gasteiger partial charge is 0.303 e. The number of sulfonamides is 1. The number of benzene rings is 2. The lowest BCUT2D eigenvalue weighted by Crippen LogP contribution is -2.58. The maximum atomic E-state index is 12.7. The van der Waals surface area contributed by atoms with Gasteiger partial charge in [0.2, 0.25) is 10.0 Å². The quantitative estimate of drug-likeness (QED) is 0.586. The Morgan fingerprint density at radius 2 is 1.68 bits per heavy atom. The van der Waals surface area contributed by atoms with E-state index in [-0.39, 0.29) is 4.90 Å². The second-order valence-electron chi connectivity index (χ2n) is 10.4. The molecule has 4 saturated heterocycles. The van der Waals surface area contributed by atoms with E-state index in [0.717, 1.165) is 25.4 Å². The van der Waals surface area contributed by atoms with Gasteiger partial charge in [0.15, 0.2) is 0 Å². The van der Waals surface area contributed by atoms with E-state index in [1.54, 1.807) is 24.3 Å². The van der Waals surface area contributed by atoms with Gasteiger partial charge >= 0.3 is 0 Å². The minimum atomic E-state index is -3.50.